The number of piperidine rings is 1. The van der Waals surface area contributed by atoms with E-state index in [4.69, 9.17) is 4.74 Å². The molecule has 110 valence electrons. The molecule has 0 aliphatic carbocycles. The van der Waals surface area contributed by atoms with Crippen LogP contribution in [0, 0.1) is 0 Å². The van der Waals surface area contributed by atoms with Gasteiger partial charge in [0.05, 0.1) is 7.11 Å². The van der Waals surface area contributed by atoms with Crippen molar-refractivity contribution in [2.45, 2.75) is 18.4 Å². The Hall–Kier alpha value is -1.75. The van der Waals surface area contributed by atoms with E-state index in [9.17, 15) is 4.79 Å². The van der Waals surface area contributed by atoms with Gasteiger partial charge in [0.15, 0.2) is 0 Å². The maximum absolute atomic E-state index is 12.3. The Morgan fingerprint density at radius 3 is 2.65 bits per heavy atom. The smallest absolute Gasteiger partial charge is 0.245 e. The molecule has 0 aromatic heterocycles. The van der Waals surface area contributed by atoms with Gasteiger partial charge < -0.3 is 20.3 Å². The molecule has 0 bridgehead atoms. The summed E-state index contributed by atoms with van der Waals surface area (Å²) in [6.07, 6.45) is 1.58. The molecule has 2 rings (SSSR count). The number of carbonyl (C=O) groups excluding carboxylic acids is 1. The summed E-state index contributed by atoms with van der Waals surface area (Å²) in [4.78, 5) is 14.6. The zero-order valence-electron chi connectivity index (χ0n) is 12.4. The summed E-state index contributed by atoms with van der Waals surface area (Å²) in [7, 11) is 5.41. The van der Waals surface area contributed by atoms with Crippen molar-refractivity contribution in [3.05, 3.63) is 24.3 Å². The van der Waals surface area contributed by atoms with Gasteiger partial charge in [-0.3, -0.25) is 4.79 Å². The van der Waals surface area contributed by atoms with Gasteiger partial charge in [-0.25, -0.2) is 0 Å². The highest BCUT2D eigenvalue weighted by Crippen LogP contribution is 2.28. The number of nitrogens with one attached hydrogen (secondary N) is 2. The van der Waals surface area contributed by atoms with E-state index >= 15 is 0 Å². The minimum absolute atomic E-state index is 0.0495. The van der Waals surface area contributed by atoms with Crippen LogP contribution in [-0.2, 0) is 4.79 Å². The number of nitrogens with zero attached hydrogens (tertiary/aromatic N) is 1. The van der Waals surface area contributed by atoms with Crippen molar-refractivity contribution in [1.82, 2.24) is 10.2 Å². The number of ether oxygens (including phenoxy) is 1. The van der Waals surface area contributed by atoms with Crippen molar-refractivity contribution >= 4 is 11.6 Å². The molecule has 2 N–H and O–H groups in total. The lowest BCUT2D eigenvalue weighted by molar-refractivity contribution is -0.126. The van der Waals surface area contributed by atoms with Gasteiger partial charge in [-0.15, -0.1) is 0 Å². The Balaban J connectivity index is 2.21. The number of anilines is 1. The molecule has 1 heterocycles. The summed E-state index contributed by atoms with van der Waals surface area (Å²) in [6, 6.07) is 7.70. The van der Waals surface area contributed by atoms with Crippen LogP contribution in [0.25, 0.3) is 0 Å². The normalized spacial score (nSPS) is 18.4. The van der Waals surface area contributed by atoms with Crippen molar-refractivity contribution < 1.29 is 9.53 Å². The van der Waals surface area contributed by atoms with Gasteiger partial charge in [0, 0.05) is 31.9 Å². The number of amides is 1. The topological polar surface area (TPSA) is 53.6 Å². The minimum Gasteiger partial charge on any atom is -0.497 e. The lowest BCUT2D eigenvalue weighted by Gasteiger charge is -2.40. The van der Waals surface area contributed by atoms with Gasteiger partial charge in [0.1, 0.15) is 11.3 Å². The van der Waals surface area contributed by atoms with E-state index in [1.165, 1.54) is 0 Å². The van der Waals surface area contributed by atoms with E-state index in [0.29, 0.717) is 0 Å². The van der Waals surface area contributed by atoms with Crippen LogP contribution in [0.15, 0.2) is 24.3 Å². The Morgan fingerprint density at radius 2 is 2.05 bits per heavy atom. The summed E-state index contributed by atoms with van der Waals surface area (Å²) >= 11 is 0. The van der Waals surface area contributed by atoms with E-state index in [1.54, 1.807) is 14.2 Å². The first-order valence-corrected chi connectivity index (χ1v) is 6.92. The molecular formula is C15H23N3O2. The third kappa shape index (κ3) is 3.04. The zero-order valence-corrected chi connectivity index (χ0v) is 12.4. The number of hydrogen-bond acceptors (Lipinski definition) is 4. The van der Waals surface area contributed by atoms with Crippen LogP contribution < -0.4 is 15.4 Å². The van der Waals surface area contributed by atoms with Crippen LogP contribution in [0.1, 0.15) is 12.8 Å². The van der Waals surface area contributed by atoms with Gasteiger partial charge in [0.25, 0.3) is 0 Å². The molecule has 1 fully saturated rings. The summed E-state index contributed by atoms with van der Waals surface area (Å²) in [5.41, 5.74) is 0.380. The fourth-order valence-electron chi connectivity index (χ4n) is 2.63. The first-order valence-electron chi connectivity index (χ1n) is 6.92. The largest absolute Gasteiger partial charge is 0.497 e. The standard InChI is InChI=1S/C15H23N3O2/c1-16-14(19)15(7-9-18(2)10-8-15)17-12-5-4-6-13(11-12)20-3/h4-6,11,17H,7-10H2,1-3H3,(H,16,19). The molecule has 1 amide bonds. The SMILES string of the molecule is CNC(=O)C1(Nc2cccc(OC)c2)CCN(C)CC1. The van der Waals surface area contributed by atoms with E-state index < -0.39 is 5.54 Å². The number of likely N-dealkylation sites (tertiary alicyclic amines) is 1. The second-order valence-electron chi connectivity index (χ2n) is 5.32. The van der Waals surface area contributed by atoms with E-state index in [2.05, 4.69) is 22.6 Å². The summed E-state index contributed by atoms with van der Waals surface area (Å²) in [6.45, 7) is 1.81. The highest BCUT2D eigenvalue weighted by Gasteiger charge is 2.40. The number of likely N-dealkylation sites (N-methyl/N-ethyl adjacent to an activating group) is 1. The quantitative estimate of drug-likeness (QED) is 0.871. The lowest BCUT2D eigenvalue weighted by Crippen LogP contribution is -2.57. The van der Waals surface area contributed by atoms with Gasteiger partial charge in [-0.1, -0.05) is 6.07 Å². The number of rotatable bonds is 4. The fraction of sp³-hybridized carbons (Fsp3) is 0.533. The van der Waals surface area contributed by atoms with Crippen LogP contribution in [0.4, 0.5) is 5.69 Å². The van der Waals surface area contributed by atoms with Crippen LogP contribution in [0.3, 0.4) is 0 Å². The molecule has 0 unspecified atom stereocenters. The Morgan fingerprint density at radius 1 is 1.35 bits per heavy atom. The van der Waals surface area contributed by atoms with Crippen molar-refractivity contribution in [2.75, 3.05) is 39.6 Å². The monoisotopic (exact) mass is 277 g/mol. The van der Waals surface area contributed by atoms with Crippen LogP contribution in [0.2, 0.25) is 0 Å². The van der Waals surface area contributed by atoms with Crippen molar-refractivity contribution in [1.29, 1.82) is 0 Å². The highest BCUT2D eigenvalue weighted by atomic mass is 16.5. The van der Waals surface area contributed by atoms with E-state index in [-0.39, 0.29) is 5.91 Å². The van der Waals surface area contributed by atoms with E-state index in [0.717, 1.165) is 37.4 Å². The van der Waals surface area contributed by atoms with Gasteiger partial charge in [-0.05, 0) is 32.0 Å². The van der Waals surface area contributed by atoms with Crippen LogP contribution >= 0.6 is 0 Å². The predicted molar refractivity (Wildman–Crippen MR) is 80.1 cm³/mol. The molecule has 5 nitrogen and oxygen atoms in total. The zero-order chi connectivity index (χ0) is 14.6. The average Bonchev–Trinajstić information content (AvgIpc) is 2.49. The van der Waals surface area contributed by atoms with Gasteiger partial charge in [-0.2, -0.15) is 0 Å². The predicted octanol–water partition coefficient (Wildman–Crippen LogP) is 1.32. The van der Waals surface area contributed by atoms with Gasteiger partial charge >= 0.3 is 0 Å². The molecule has 1 saturated heterocycles. The molecule has 0 radical (unpaired) electrons. The average molecular weight is 277 g/mol. The third-order valence-corrected chi connectivity index (χ3v) is 3.96. The fourth-order valence-corrected chi connectivity index (χ4v) is 2.63. The van der Waals surface area contributed by atoms with Crippen molar-refractivity contribution in [3.8, 4) is 5.75 Å². The van der Waals surface area contributed by atoms with Crippen molar-refractivity contribution in [3.63, 3.8) is 0 Å². The number of methoxy groups -OCH3 is 1. The Labute approximate surface area is 120 Å². The molecule has 1 aromatic carbocycles. The second-order valence-corrected chi connectivity index (χ2v) is 5.32. The number of benzene rings is 1. The molecule has 0 spiro atoms. The minimum atomic E-state index is -0.534. The molecule has 5 heteroatoms. The van der Waals surface area contributed by atoms with Gasteiger partial charge in [0.2, 0.25) is 5.91 Å². The maximum Gasteiger partial charge on any atom is 0.245 e. The molecule has 0 atom stereocenters. The summed E-state index contributed by atoms with van der Waals surface area (Å²) < 4.78 is 5.23. The first-order chi connectivity index (χ1) is 9.59. The maximum atomic E-state index is 12.3. The summed E-state index contributed by atoms with van der Waals surface area (Å²) in [5.74, 6) is 0.836. The molecule has 1 aromatic rings. The summed E-state index contributed by atoms with van der Waals surface area (Å²) in [5, 5.41) is 6.21. The van der Waals surface area contributed by atoms with Crippen LogP contribution in [0.5, 0.6) is 5.75 Å². The van der Waals surface area contributed by atoms with Crippen LogP contribution in [-0.4, -0.2) is 50.6 Å². The molecule has 1 aliphatic heterocycles. The highest BCUT2D eigenvalue weighted by molar-refractivity contribution is 5.89. The molecular weight excluding hydrogens is 254 g/mol. The first kappa shape index (κ1) is 14.7. The molecule has 1 aliphatic rings. The Bertz CT molecular complexity index is 468. The van der Waals surface area contributed by atoms with Crippen molar-refractivity contribution in [2.24, 2.45) is 0 Å². The number of carbonyl (C=O) groups is 1. The lowest BCUT2D eigenvalue weighted by atomic mass is 9.86. The number of hydrogen-bond donors (Lipinski definition) is 2. The van der Waals surface area contributed by atoms with E-state index in [1.807, 2.05) is 24.3 Å². The second kappa shape index (κ2) is 6.13. The third-order valence-electron chi connectivity index (χ3n) is 3.96. The molecule has 0 saturated carbocycles. The Kier molecular flexibility index (Phi) is 4.49. The molecule has 20 heavy (non-hydrogen) atoms.